The molecule has 0 radical (unpaired) electrons. The van der Waals surface area contributed by atoms with Crippen molar-refractivity contribution in [3.63, 3.8) is 0 Å². The number of rotatable bonds is 13. The van der Waals surface area contributed by atoms with Gasteiger partial charge in [-0.25, -0.2) is 0 Å². The highest BCUT2D eigenvalue weighted by molar-refractivity contribution is 8.00. The first-order valence-electron chi connectivity index (χ1n) is 10.6. The molecule has 15 heteroatoms. The molecule has 1 amide bonds. The first kappa shape index (κ1) is 36.7. The standard InChI is InChI=1S/C17H22NO6PS2.C2H6NPS.CO2.CH4/c1-2-4-11(19)7-12-15(21)18-14(17(22)23)10(9-27-16(12)18)8-24-13(20)5-3-6-25-26;3-1-2-4-5;2-1-3;/h12,16H,2-9H2,1H3,(H,22,23);1-3H2;;1H4/p-1. The van der Waals surface area contributed by atoms with E-state index in [4.69, 9.17) is 31.9 Å². The molecule has 0 aliphatic carbocycles. The van der Waals surface area contributed by atoms with Gasteiger partial charge in [-0.05, 0) is 27.6 Å². The van der Waals surface area contributed by atoms with Gasteiger partial charge in [0, 0.05) is 49.5 Å². The number of carbonyl (C=O) groups excluding carboxylic acids is 6. The van der Waals surface area contributed by atoms with E-state index in [1.807, 2.05) is 6.92 Å². The van der Waals surface area contributed by atoms with Crippen molar-refractivity contribution >= 4 is 79.9 Å². The zero-order chi connectivity index (χ0) is 26.8. The van der Waals surface area contributed by atoms with Crippen LogP contribution in [0, 0.1) is 5.92 Å². The van der Waals surface area contributed by atoms with Gasteiger partial charge in [-0.15, -0.1) is 11.8 Å². The Kier molecular flexibility index (Phi) is 22.0. The molecule has 0 aromatic heterocycles. The van der Waals surface area contributed by atoms with Crippen molar-refractivity contribution in [1.29, 1.82) is 0 Å². The van der Waals surface area contributed by atoms with E-state index in [1.165, 1.54) is 16.7 Å². The number of β-lactam (4-membered cyclic amide) rings is 1. The predicted molar refractivity (Wildman–Crippen MR) is 142 cm³/mol. The summed E-state index contributed by atoms with van der Waals surface area (Å²) in [5, 5.41) is 11.2. The number of nitrogens with zero attached hydrogens (tertiary/aromatic N) is 1. The minimum atomic E-state index is -1.47. The second kappa shape index (κ2) is 21.6. The number of hydrogen-bond donors (Lipinski definition) is 1. The number of ether oxygens (including phenoxy) is 1. The number of Topliss-reactive ketones (excluding diaryl/α,β-unsaturated/α-hetero) is 1. The normalized spacial score (nSPS) is 17.7. The lowest BCUT2D eigenvalue weighted by Crippen LogP contribution is -2.63. The molecule has 1 saturated heterocycles. The van der Waals surface area contributed by atoms with Crippen LogP contribution in [0.2, 0.25) is 0 Å². The van der Waals surface area contributed by atoms with E-state index >= 15 is 0 Å². The number of hydrogen-bond acceptors (Lipinski definition) is 12. The van der Waals surface area contributed by atoms with E-state index < -0.39 is 17.9 Å². The maximum absolute atomic E-state index is 12.4. The summed E-state index contributed by atoms with van der Waals surface area (Å²) in [7, 11) is 1.78. The Bertz CT molecular complexity index is 851. The fraction of sp³-hybridized carbons (Fsp3) is 0.667. The highest BCUT2D eigenvalue weighted by Crippen LogP contribution is 2.45. The first-order chi connectivity index (χ1) is 16.7. The van der Waals surface area contributed by atoms with Gasteiger partial charge < -0.3 is 20.4 Å². The molecule has 0 saturated carbocycles. The van der Waals surface area contributed by atoms with Crippen molar-refractivity contribution in [2.75, 3.05) is 31.2 Å². The van der Waals surface area contributed by atoms with E-state index in [9.17, 15) is 24.3 Å². The Morgan fingerprint density at radius 3 is 2.31 bits per heavy atom. The van der Waals surface area contributed by atoms with Crippen LogP contribution >= 0.6 is 26.5 Å². The number of fused-ring (bicyclic) bond motifs is 1. The van der Waals surface area contributed by atoms with Gasteiger partial charge in [0.05, 0.1) is 23.0 Å². The number of aliphatic carboxylic acids is 1. The van der Waals surface area contributed by atoms with E-state index in [-0.39, 0.29) is 55.8 Å². The van der Waals surface area contributed by atoms with Gasteiger partial charge in [0.15, 0.2) is 0 Å². The molecule has 10 nitrogen and oxygen atoms in total. The van der Waals surface area contributed by atoms with Crippen LogP contribution in [0.3, 0.4) is 0 Å². The molecule has 0 spiro atoms. The molecular formula is C21H31N2O8P2S3-. The van der Waals surface area contributed by atoms with Gasteiger partial charge >= 0.3 is 12.1 Å². The highest BCUT2D eigenvalue weighted by Gasteiger charge is 2.52. The summed E-state index contributed by atoms with van der Waals surface area (Å²) in [6.45, 7) is 2.44. The number of esters is 1. The molecule has 2 N–H and O–H groups in total. The Morgan fingerprint density at radius 1 is 1.22 bits per heavy atom. The zero-order valence-electron chi connectivity index (χ0n) is 19.1. The molecular weight excluding hydrogens is 566 g/mol. The SMILES string of the molecule is C.CCCC(=O)CC1C(=O)N2C(C(=O)[O-])=C(COC(=O)CCCP=S)CSC12.NCCP=S.O=C=O. The summed E-state index contributed by atoms with van der Waals surface area (Å²) >= 11 is 10.7. The minimum absolute atomic E-state index is 0. The summed E-state index contributed by atoms with van der Waals surface area (Å²) in [4.78, 5) is 65.0. The van der Waals surface area contributed by atoms with Gasteiger partial charge in [-0.1, -0.05) is 38.0 Å². The fourth-order valence-corrected chi connectivity index (χ4v) is 5.62. The highest BCUT2D eigenvalue weighted by atomic mass is 32.4. The lowest BCUT2D eigenvalue weighted by atomic mass is 9.89. The molecule has 2 heterocycles. The van der Waals surface area contributed by atoms with Crippen LogP contribution in [0.4, 0.5) is 0 Å². The maximum atomic E-state index is 12.4. The molecule has 0 aromatic carbocycles. The molecule has 2 atom stereocenters. The van der Waals surface area contributed by atoms with Gasteiger partial charge in [0.1, 0.15) is 12.4 Å². The Morgan fingerprint density at radius 2 is 1.83 bits per heavy atom. The van der Waals surface area contributed by atoms with Crippen molar-refractivity contribution in [2.24, 2.45) is 11.7 Å². The second-order valence-electron chi connectivity index (χ2n) is 7.09. The van der Waals surface area contributed by atoms with Crippen LogP contribution in [0.15, 0.2) is 11.3 Å². The molecule has 0 aromatic rings. The van der Waals surface area contributed by atoms with Crippen LogP contribution in [-0.2, 0) is 57.1 Å². The molecule has 1 fully saturated rings. The number of ketones is 1. The number of carboxylic acids is 1. The molecule has 2 aliphatic heterocycles. The molecule has 2 aliphatic rings. The number of amides is 1. The zero-order valence-corrected chi connectivity index (χ0v) is 23.4. The summed E-state index contributed by atoms with van der Waals surface area (Å²) in [6, 6.07) is 0. The number of carboxylic acid groups (broad SMARTS) is 1. The summed E-state index contributed by atoms with van der Waals surface area (Å²) < 4.78 is 5.14. The van der Waals surface area contributed by atoms with Crippen LogP contribution in [0.1, 0.15) is 46.5 Å². The minimum Gasteiger partial charge on any atom is -0.543 e. The third-order valence-corrected chi connectivity index (χ3v) is 8.02. The average Bonchev–Trinajstić information content (AvgIpc) is 2.82. The number of carbonyl (C=O) groups is 4. The average molecular weight is 598 g/mol. The first-order valence-corrected chi connectivity index (χ1v) is 15.8. The van der Waals surface area contributed by atoms with E-state index in [2.05, 4.69) is 11.8 Å². The molecule has 0 bridgehead atoms. The van der Waals surface area contributed by atoms with Crippen LogP contribution < -0.4 is 10.8 Å². The second-order valence-corrected chi connectivity index (χ2v) is 11.2. The third-order valence-electron chi connectivity index (χ3n) is 4.59. The Labute approximate surface area is 228 Å². The molecule has 36 heavy (non-hydrogen) atoms. The van der Waals surface area contributed by atoms with E-state index in [1.54, 1.807) is 0 Å². The fourth-order valence-electron chi connectivity index (χ4n) is 3.12. The van der Waals surface area contributed by atoms with Crippen LogP contribution in [-0.4, -0.2) is 71.3 Å². The molecule has 2 rings (SSSR count). The summed E-state index contributed by atoms with van der Waals surface area (Å²) in [5.74, 6) is -2.46. The third kappa shape index (κ3) is 12.7. The Hall–Kier alpha value is -1.45. The van der Waals surface area contributed by atoms with Crippen LogP contribution in [0.5, 0.6) is 0 Å². The van der Waals surface area contributed by atoms with Crippen molar-refractivity contribution in [1.82, 2.24) is 4.90 Å². The van der Waals surface area contributed by atoms with Crippen molar-refractivity contribution in [3.05, 3.63) is 11.3 Å². The van der Waals surface area contributed by atoms with Gasteiger partial charge in [0.25, 0.3) is 0 Å². The molecule has 202 valence electrons. The van der Waals surface area contributed by atoms with Crippen molar-refractivity contribution in [2.45, 2.75) is 51.8 Å². The lowest BCUT2D eigenvalue weighted by Gasteiger charge is -2.50. The maximum Gasteiger partial charge on any atom is 0.373 e. The number of nitrogens with two attached hydrogens (primary N) is 1. The monoisotopic (exact) mass is 597 g/mol. The van der Waals surface area contributed by atoms with E-state index in [0.29, 0.717) is 30.6 Å². The summed E-state index contributed by atoms with van der Waals surface area (Å²) in [6.07, 6.45) is 4.02. The summed E-state index contributed by atoms with van der Waals surface area (Å²) in [5.41, 5.74) is 5.19. The van der Waals surface area contributed by atoms with Gasteiger partial charge in [0.2, 0.25) is 5.91 Å². The lowest BCUT2D eigenvalue weighted by molar-refractivity contribution is -0.301. The van der Waals surface area contributed by atoms with Crippen LogP contribution in [0.25, 0.3) is 0 Å². The largest absolute Gasteiger partial charge is 0.543 e. The Balaban J connectivity index is 0. The van der Waals surface area contributed by atoms with E-state index in [0.717, 1.165) is 33.6 Å². The van der Waals surface area contributed by atoms with Crippen molar-refractivity contribution < 1.29 is 38.6 Å². The van der Waals surface area contributed by atoms with Crippen molar-refractivity contribution in [3.8, 4) is 0 Å². The topological polar surface area (TPSA) is 164 Å². The van der Waals surface area contributed by atoms with Gasteiger partial charge in [-0.2, -0.15) is 9.59 Å². The smallest absolute Gasteiger partial charge is 0.373 e. The predicted octanol–water partition coefficient (Wildman–Crippen LogP) is 1.42. The van der Waals surface area contributed by atoms with Gasteiger partial charge in [-0.3, -0.25) is 19.3 Å². The molecule has 2 unspecified atom stereocenters. The quantitative estimate of drug-likeness (QED) is 0.141. The number of thioether (sulfide) groups is 1.